The van der Waals surface area contributed by atoms with E-state index in [1.807, 2.05) is 13.0 Å². The number of halogens is 2. The maximum atomic E-state index is 11.8. The topological polar surface area (TPSA) is 61.5 Å². The van der Waals surface area contributed by atoms with Crippen molar-refractivity contribution < 1.29 is 14.3 Å². The zero-order valence-electron chi connectivity index (χ0n) is 12.2. The predicted molar refractivity (Wildman–Crippen MR) is 82.7 cm³/mol. The van der Waals surface area contributed by atoms with E-state index >= 15 is 0 Å². The molecule has 0 heterocycles. The molecule has 0 spiro atoms. The standard InChI is InChI=1S/C14H20ClNO3.ClH/c1-5-18-13(17)14(3,4)19-12-9(2)6-10(8-16)7-11(12)15;/h6-7H,5,8,16H2,1-4H3;1H. The molecule has 0 atom stereocenters. The van der Waals surface area contributed by atoms with Gasteiger partial charge in [-0.1, -0.05) is 17.7 Å². The number of ether oxygens (including phenoxy) is 2. The van der Waals surface area contributed by atoms with Crippen molar-refractivity contribution in [3.63, 3.8) is 0 Å². The van der Waals surface area contributed by atoms with E-state index in [0.717, 1.165) is 11.1 Å². The van der Waals surface area contributed by atoms with E-state index in [9.17, 15) is 4.79 Å². The van der Waals surface area contributed by atoms with E-state index < -0.39 is 11.6 Å². The zero-order valence-corrected chi connectivity index (χ0v) is 13.7. The molecule has 0 aliphatic heterocycles. The van der Waals surface area contributed by atoms with Crippen LogP contribution in [0.2, 0.25) is 5.02 Å². The normalized spacial score (nSPS) is 10.7. The lowest BCUT2D eigenvalue weighted by molar-refractivity contribution is -0.158. The SMILES string of the molecule is CCOC(=O)C(C)(C)Oc1c(C)cc(CN)cc1Cl.Cl. The summed E-state index contributed by atoms with van der Waals surface area (Å²) in [5.74, 6) is 0.0605. The summed E-state index contributed by atoms with van der Waals surface area (Å²) in [6.07, 6.45) is 0. The van der Waals surface area contributed by atoms with Crippen molar-refractivity contribution in [1.82, 2.24) is 0 Å². The number of rotatable bonds is 5. The number of hydrogen-bond donors (Lipinski definition) is 1. The summed E-state index contributed by atoms with van der Waals surface area (Å²) in [6, 6.07) is 3.63. The molecule has 0 aliphatic rings. The molecule has 1 rings (SSSR count). The lowest BCUT2D eigenvalue weighted by atomic mass is 10.1. The Balaban J connectivity index is 0.00000361. The summed E-state index contributed by atoms with van der Waals surface area (Å²) >= 11 is 6.17. The Bertz CT molecular complexity index is 452. The molecule has 2 N–H and O–H groups in total. The predicted octanol–water partition coefficient (Wildman–Crippen LogP) is 3.25. The van der Waals surface area contributed by atoms with E-state index in [1.54, 1.807) is 26.8 Å². The number of aryl methyl sites for hydroxylation is 1. The Kier molecular flexibility index (Phi) is 7.34. The van der Waals surface area contributed by atoms with Crippen molar-refractivity contribution in [2.24, 2.45) is 5.73 Å². The van der Waals surface area contributed by atoms with Crippen LogP contribution in [0.5, 0.6) is 5.75 Å². The first-order valence-electron chi connectivity index (χ1n) is 6.17. The summed E-state index contributed by atoms with van der Waals surface area (Å²) in [6.45, 7) is 7.63. The Labute approximate surface area is 131 Å². The quantitative estimate of drug-likeness (QED) is 0.845. The Hall–Kier alpha value is -0.970. The van der Waals surface area contributed by atoms with Gasteiger partial charge in [0.25, 0.3) is 0 Å². The van der Waals surface area contributed by atoms with Crippen LogP contribution in [-0.4, -0.2) is 18.2 Å². The van der Waals surface area contributed by atoms with Crippen LogP contribution < -0.4 is 10.5 Å². The molecule has 0 fully saturated rings. The summed E-state index contributed by atoms with van der Waals surface area (Å²) in [5, 5.41) is 0.442. The van der Waals surface area contributed by atoms with Crippen LogP contribution in [0.4, 0.5) is 0 Å². The van der Waals surface area contributed by atoms with Crippen LogP contribution in [-0.2, 0) is 16.1 Å². The number of carbonyl (C=O) groups excluding carboxylic acids is 1. The highest BCUT2D eigenvalue weighted by molar-refractivity contribution is 6.32. The molecule has 6 heteroatoms. The first kappa shape index (κ1) is 19.0. The van der Waals surface area contributed by atoms with Crippen molar-refractivity contribution in [3.05, 3.63) is 28.3 Å². The van der Waals surface area contributed by atoms with Crippen LogP contribution in [0.1, 0.15) is 31.9 Å². The minimum atomic E-state index is -1.09. The summed E-state index contributed by atoms with van der Waals surface area (Å²) in [7, 11) is 0. The minimum absolute atomic E-state index is 0. The van der Waals surface area contributed by atoms with E-state index in [-0.39, 0.29) is 12.4 Å². The first-order chi connectivity index (χ1) is 8.81. The first-order valence-corrected chi connectivity index (χ1v) is 6.55. The molecule has 0 bridgehead atoms. The van der Waals surface area contributed by atoms with Crippen LogP contribution in [0, 0.1) is 6.92 Å². The molecule has 1 aromatic carbocycles. The molecular weight excluding hydrogens is 301 g/mol. The average molecular weight is 322 g/mol. The van der Waals surface area contributed by atoms with Gasteiger partial charge < -0.3 is 15.2 Å². The number of benzene rings is 1. The molecule has 20 heavy (non-hydrogen) atoms. The second kappa shape index (κ2) is 7.72. The van der Waals surface area contributed by atoms with Crippen molar-refractivity contribution in [1.29, 1.82) is 0 Å². The molecule has 0 saturated carbocycles. The van der Waals surface area contributed by atoms with E-state index in [0.29, 0.717) is 23.9 Å². The molecule has 0 aliphatic carbocycles. The third-order valence-electron chi connectivity index (χ3n) is 2.65. The van der Waals surface area contributed by atoms with E-state index in [2.05, 4.69) is 0 Å². The molecule has 114 valence electrons. The van der Waals surface area contributed by atoms with Crippen molar-refractivity contribution in [3.8, 4) is 5.75 Å². The van der Waals surface area contributed by atoms with Gasteiger partial charge in [-0.15, -0.1) is 12.4 Å². The third kappa shape index (κ3) is 4.54. The fourth-order valence-corrected chi connectivity index (χ4v) is 1.98. The Morgan fingerprint density at radius 3 is 2.45 bits per heavy atom. The molecule has 0 unspecified atom stereocenters. The van der Waals surface area contributed by atoms with E-state index in [4.69, 9.17) is 26.8 Å². The smallest absolute Gasteiger partial charge is 0.349 e. The summed E-state index contributed by atoms with van der Waals surface area (Å²) < 4.78 is 10.7. The third-order valence-corrected chi connectivity index (χ3v) is 2.93. The highest BCUT2D eigenvalue weighted by Crippen LogP contribution is 2.33. The van der Waals surface area contributed by atoms with Gasteiger partial charge in [-0.3, -0.25) is 0 Å². The van der Waals surface area contributed by atoms with E-state index in [1.165, 1.54) is 0 Å². The fourth-order valence-electron chi connectivity index (χ4n) is 1.65. The second-order valence-corrected chi connectivity index (χ2v) is 5.17. The summed E-state index contributed by atoms with van der Waals surface area (Å²) in [4.78, 5) is 11.8. The van der Waals surface area contributed by atoms with Gasteiger partial charge in [0.2, 0.25) is 0 Å². The molecular formula is C14H21Cl2NO3. The van der Waals surface area contributed by atoms with Crippen molar-refractivity contribution in [2.45, 2.75) is 39.8 Å². The van der Waals surface area contributed by atoms with Gasteiger partial charge in [-0.05, 0) is 44.9 Å². The van der Waals surface area contributed by atoms with Crippen molar-refractivity contribution >= 4 is 30.0 Å². The Morgan fingerprint density at radius 1 is 1.40 bits per heavy atom. The van der Waals surface area contributed by atoms with Crippen LogP contribution in [0.25, 0.3) is 0 Å². The highest BCUT2D eigenvalue weighted by Gasteiger charge is 2.32. The molecule has 0 aromatic heterocycles. The minimum Gasteiger partial charge on any atom is -0.474 e. The zero-order chi connectivity index (χ0) is 14.6. The fraction of sp³-hybridized carbons (Fsp3) is 0.500. The number of esters is 1. The second-order valence-electron chi connectivity index (χ2n) is 4.76. The number of nitrogens with two attached hydrogens (primary N) is 1. The van der Waals surface area contributed by atoms with Gasteiger partial charge in [0.1, 0.15) is 5.75 Å². The monoisotopic (exact) mass is 321 g/mol. The highest BCUT2D eigenvalue weighted by atomic mass is 35.5. The van der Waals surface area contributed by atoms with Gasteiger partial charge in [-0.25, -0.2) is 4.79 Å². The molecule has 0 amide bonds. The van der Waals surface area contributed by atoms with Gasteiger partial charge in [0, 0.05) is 6.54 Å². The van der Waals surface area contributed by atoms with Crippen molar-refractivity contribution in [2.75, 3.05) is 6.61 Å². The molecule has 1 aromatic rings. The lowest BCUT2D eigenvalue weighted by Crippen LogP contribution is -2.40. The van der Waals surface area contributed by atoms with Gasteiger partial charge >= 0.3 is 5.97 Å². The van der Waals surface area contributed by atoms with Gasteiger partial charge in [0.05, 0.1) is 11.6 Å². The lowest BCUT2D eigenvalue weighted by Gasteiger charge is -2.26. The number of hydrogen-bond acceptors (Lipinski definition) is 4. The molecule has 0 radical (unpaired) electrons. The summed E-state index contributed by atoms with van der Waals surface area (Å²) in [5.41, 5.74) is 6.25. The maximum absolute atomic E-state index is 11.8. The van der Waals surface area contributed by atoms with Crippen LogP contribution in [0.15, 0.2) is 12.1 Å². The van der Waals surface area contributed by atoms with Crippen LogP contribution in [0.3, 0.4) is 0 Å². The average Bonchev–Trinajstić information content (AvgIpc) is 2.33. The molecule has 0 saturated heterocycles. The van der Waals surface area contributed by atoms with Gasteiger partial charge in [-0.2, -0.15) is 0 Å². The van der Waals surface area contributed by atoms with Crippen LogP contribution >= 0.6 is 24.0 Å². The maximum Gasteiger partial charge on any atom is 0.349 e. The van der Waals surface area contributed by atoms with Gasteiger partial charge in [0.15, 0.2) is 5.60 Å². The Morgan fingerprint density at radius 2 is 2.00 bits per heavy atom. The molecule has 4 nitrogen and oxygen atoms in total. The largest absolute Gasteiger partial charge is 0.474 e. The number of carbonyl (C=O) groups is 1.